The Morgan fingerprint density at radius 1 is 1.04 bits per heavy atom. The van der Waals surface area contributed by atoms with E-state index in [1.165, 1.54) is 44.9 Å². The number of hydrogen-bond acceptors (Lipinski definition) is 5. The van der Waals surface area contributed by atoms with Crippen LogP contribution in [0, 0.1) is 6.92 Å². The van der Waals surface area contributed by atoms with Crippen molar-refractivity contribution < 1.29 is 22.9 Å². The molecule has 1 rings (SSSR count). The van der Waals surface area contributed by atoms with Crippen molar-refractivity contribution in [1.82, 2.24) is 0 Å². The Morgan fingerprint density at radius 2 is 1.64 bits per heavy atom. The number of aromatic hydroxyl groups is 1. The Hall–Kier alpha value is -1.60. The largest absolute Gasteiger partial charge is 0.507 e. The van der Waals surface area contributed by atoms with E-state index >= 15 is 0 Å². The zero-order chi connectivity index (χ0) is 20.8. The molecule has 0 spiro atoms. The first-order chi connectivity index (χ1) is 13.3. The van der Waals surface area contributed by atoms with Gasteiger partial charge in [-0.25, -0.2) is 0 Å². The normalized spacial score (nSPS) is 12.3. The summed E-state index contributed by atoms with van der Waals surface area (Å²) < 4.78 is 30.4. The number of nitrogens with zero attached hydrogens (tertiary/aromatic N) is 1. The first kappa shape index (κ1) is 24.4. The summed E-state index contributed by atoms with van der Waals surface area (Å²) in [6.07, 6.45) is 11.5. The van der Waals surface area contributed by atoms with Crippen molar-refractivity contribution in [3.8, 4) is 5.75 Å². The Labute approximate surface area is 169 Å². The Bertz CT molecular complexity index is 701. The monoisotopic (exact) mass is 413 g/mol. The van der Waals surface area contributed by atoms with Crippen LogP contribution >= 0.6 is 0 Å². The van der Waals surface area contributed by atoms with Crippen molar-refractivity contribution in [2.45, 2.75) is 78.1 Å². The van der Waals surface area contributed by atoms with Gasteiger partial charge in [-0.2, -0.15) is 8.42 Å². The van der Waals surface area contributed by atoms with E-state index in [-0.39, 0.29) is 12.4 Å². The molecule has 0 bridgehead atoms. The fraction of sp³-hybridized carbons (Fsp3) is 0.667. The summed E-state index contributed by atoms with van der Waals surface area (Å²) in [6, 6.07) is 5.27. The standard InChI is InChI=1S/C21H35NO5S/c1-3-4-5-6-7-8-9-10-11-12-20(22-27-15-16-28(24,25)26)19-17-18(2)13-14-21(19)23/h13-14,17,23H,3-12,15-16H2,1-2H3,(H,24,25,26). The lowest BCUT2D eigenvalue weighted by Gasteiger charge is -2.10. The third kappa shape index (κ3) is 11.3. The van der Waals surface area contributed by atoms with Crippen LogP contribution in [0.2, 0.25) is 0 Å². The molecule has 0 aliphatic carbocycles. The summed E-state index contributed by atoms with van der Waals surface area (Å²) in [4.78, 5) is 5.09. The lowest BCUT2D eigenvalue weighted by atomic mass is 10.00. The van der Waals surface area contributed by atoms with E-state index in [1.54, 1.807) is 6.07 Å². The Kier molecular flexibility index (Phi) is 11.8. The van der Waals surface area contributed by atoms with E-state index in [9.17, 15) is 13.5 Å². The molecule has 0 unspecified atom stereocenters. The molecule has 7 heteroatoms. The number of oxime groups is 1. The van der Waals surface area contributed by atoms with Gasteiger partial charge in [0.25, 0.3) is 10.1 Å². The van der Waals surface area contributed by atoms with E-state index in [0.29, 0.717) is 17.7 Å². The highest BCUT2D eigenvalue weighted by molar-refractivity contribution is 7.85. The van der Waals surface area contributed by atoms with Crippen LogP contribution in [0.3, 0.4) is 0 Å². The van der Waals surface area contributed by atoms with Crippen LogP contribution in [0.25, 0.3) is 0 Å². The minimum atomic E-state index is -4.08. The molecule has 0 aliphatic rings. The number of aryl methyl sites for hydroxylation is 1. The highest BCUT2D eigenvalue weighted by Gasteiger charge is 2.11. The van der Waals surface area contributed by atoms with Gasteiger partial charge in [-0.3, -0.25) is 4.55 Å². The molecule has 0 atom stereocenters. The number of hydrogen-bond donors (Lipinski definition) is 2. The minimum absolute atomic E-state index is 0.124. The molecule has 2 N–H and O–H groups in total. The highest BCUT2D eigenvalue weighted by atomic mass is 32.2. The molecule has 1 aromatic rings. The van der Waals surface area contributed by atoms with E-state index in [1.807, 2.05) is 19.1 Å². The van der Waals surface area contributed by atoms with Crippen LogP contribution in [0.15, 0.2) is 23.4 Å². The second-order valence-electron chi connectivity index (χ2n) is 7.26. The third-order valence-corrected chi connectivity index (χ3v) is 5.27. The smallest absolute Gasteiger partial charge is 0.268 e. The predicted molar refractivity (Wildman–Crippen MR) is 114 cm³/mol. The number of benzene rings is 1. The fourth-order valence-electron chi connectivity index (χ4n) is 2.98. The van der Waals surface area contributed by atoms with Gasteiger partial charge < -0.3 is 9.94 Å². The molecular formula is C21H35NO5S. The molecular weight excluding hydrogens is 378 g/mol. The maximum atomic E-state index is 10.8. The lowest BCUT2D eigenvalue weighted by molar-refractivity contribution is 0.158. The third-order valence-electron chi connectivity index (χ3n) is 4.59. The molecule has 160 valence electrons. The van der Waals surface area contributed by atoms with Crippen molar-refractivity contribution >= 4 is 15.8 Å². The molecule has 0 radical (unpaired) electrons. The van der Waals surface area contributed by atoms with Crippen molar-refractivity contribution in [2.75, 3.05) is 12.4 Å². The summed E-state index contributed by atoms with van der Waals surface area (Å²) in [5, 5.41) is 14.2. The number of phenolic OH excluding ortho intramolecular Hbond substituents is 1. The van der Waals surface area contributed by atoms with E-state index < -0.39 is 15.9 Å². The molecule has 0 heterocycles. The fourth-order valence-corrected chi connectivity index (χ4v) is 3.26. The van der Waals surface area contributed by atoms with Crippen molar-refractivity contribution in [3.05, 3.63) is 29.3 Å². The van der Waals surface area contributed by atoms with Crippen LogP contribution in [-0.4, -0.2) is 36.1 Å². The lowest BCUT2D eigenvalue weighted by Crippen LogP contribution is -2.10. The first-order valence-electron chi connectivity index (χ1n) is 10.3. The van der Waals surface area contributed by atoms with Crippen molar-refractivity contribution in [1.29, 1.82) is 0 Å². The maximum Gasteiger partial charge on any atom is 0.268 e. The van der Waals surface area contributed by atoms with E-state index in [2.05, 4.69) is 12.1 Å². The van der Waals surface area contributed by atoms with Gasteiger partial charge in [-0.05, 0) is 31.9 Å². The minimum Gasteiger partial charge on any atom is -0.507 e. The predicted octanol–water partition coefficient (Wildman–Crippen LogP) is 5.23. The van der Waals surface area contributed by atoms with Gasteiger partial charge in [0.1, 0.15) is 18.1 Å². The summed E-state index contributed by atoms with van der Waals surface area (Å²) in [5.41, 5.74) is 2.19. The second-order valence-corrected chi connectivity index (χ2v) is 8.83. The van der Waals surface area contributed by atoms with Crippen molar-refractivity contribution in [3.63, 3.8) is 0 Å². The molecule has 0 aromatic heterocycles. The maximum absolute atomic E-state index is 10.8. The molecule has 0 saturated carbocycles. The zero-order valence-electron chi connectivity index (χ0n) is 17.2. The molecule has 1 aromatic carbocycles. The molecule has 0 amide bonds. The van der Waals surface area contributed by atoms with Crippen LogP contribution in [0.5, 0.6) is 5.75 Å². The van der Waals surface area contributed by atoms with Gasteiger partial charge in [0.2, 0.25) is 0 Å². The zero-order valence-corrected chi connectivity index (χ0v) is 18.0. The second kappa shape index (κ2) is 13.6. The summed E-state index contributed by atoms with van der Waals surface area (Å²) in [7, 11) is -4.08. The number of rotatable bonds is 15. The molecule has 0 fully saturated rings. The van der Waals surface area contributed by atoms with E-state index in [4.69, 9.17) is 9.39 Å². The summed E-state index contributed by atoms with van der Waals surface area (Å²) >= 11 is 0. The highest BCUT2D eigenvalue weighted by Crippen LogP contribution is 2.22. The van der Waals surface area contributed by atoms with Gasteiger partial charge in [-0.1, -0.05) is 75.1 Å². The van der Waals surface area contributed by atoms with Crippen LogP contribution in [-0.2, 0) is 15.0 Å². The molecule has 6 nitrogen and oxygen atoms in total. The Balaban J connectivity index is 2.53. The van der Waals surface area contributed by atoms with Gasteiger partial charge in [0.15, 0.2) is 0 Å². The Morgan fingerprint density at radius 3 is 2.25 bits per heavy atom. The van der Waals surface area contributed by atoms with Crippen LogP contribution in [0.4, 0.5) is 0 Å². The average Bonchev–Trinajstić information content (AvgIpc) is 2.63. The van der Waals surface area contributed by atoms with Crippen LogP contribution in [0.1, 0.15) is 82.3 Å². The quantitative estimate of drug-likeness (QED) is 0.178. The van der Waals surface area contributed by atoms with Crippen LogP contribution < -0.4 is 0 Å². The molecule has 0 saturated heterocycles. The summed E-state index contributed by atoms with van der Waals surface area (Å²) in [6.45, 7) is 3.92. The topological polar surface area (TPSA) is 96.2 Å². The average molecular weight is 414 g/mol. The number of unbranched alkanes of at least 4 members (excludes halogenated alkanes) is 8. The first-order valence-corrected chi connectivity index (χ1v) is 11.9. The molecule has 28 heavy (non-hydrogen) atoms. The van der Waals surface area contributed by atoms with Gasteiger partial charge in [0, 0.05) is 5.56 Å². The van der Waals surface area contributed by atoms with Gasteiger partial charge >= 0.3 is 0 Å². The van der Waals surface area contributed by atoms with Gasteiger partial charge in [0.05, 0.1) is 5.71 Å². The number of phenols is 1. The SMILES string of the molecule is CCCCCCCCCCCC(=NOCCS(=O)(=O)O)c1cc(C)ccc1O. The van der Waals surface area contributed by atoms with Crippen molar-refractivity contribution in [2.24, 2.45) is 5.16 Å². The summed E-state index contributed by atoms with van der Waals surface area (Å²) in [5.74, 6) is -0.389. The molecule has 0 aliphatic heterocycles. The van der Waals surface area contributed by atoms with E-state index in [0.717, 1.165) is 18.4 Å². The van der Waals surface area contributed by atoms with Gasteiger partial charge in [-0.15, -0.1) is 0 Å².